The van der Waals surface area contributed by atoms with Gasteiger partial charge in [-0.3, -0.25) is 4.99 Å². The first-order valence-corrected chi connectivity index (χ1v) is 7.77. The zero-order valence-corrected chi connectivity index (χ0v) is 13.1. The van der Waals surface area contributed by atoms with E-state index in [2.05, 4.69) is 65.1 Å². The Labute approximate surface area is 131 Å². The molecule has 0 spiro atoms. The molecule has 0 saturated carbocycles. The van der Waals surface area contributed by atoms with E-state index in [-0.39, 0.29) is 0 Å². The molecule has 0 saturated heterocycles. The van der Waals surface area contributed by atoms with Gasteiger partial charge >= 0.3 is 0 Å². The monoisotopic (exact) mass is 291 g/mol. The Balaban J connectivity index is 1.81. The highest BCUT2D eigenvalue weighted by atomic mass is 15.1. The van der Waals surface area contributed by atoms with Gasteiger partial charge in [-0.15, -0.1) is 0 Å². The third-order valence-electron chi connectivity index (χ3n) is 3.95. The van der Waals surface area contributed by atoms with Gasteiger partial charge in [0.25, 0.3) is 0 Å². The average Bonchev–Trinajstić information content (AvgIpc) is 2.98. The van der Waals surface area contributed by atoms with Crippen molar-refractivity contribution in [3.63, 3.8) is 0 Å². The first-order chi connectivity index (χ1) is 10.8. The molecule has 1 heterocycles. The van der Waals surface area contributed by atoms with Crippen molar-refractivity contribution >= 4 is 28.5 Å². The first kappa shape index (κ1) is 14.4. The van der Waals surface area contributed by atoms with E-state index in [1.165, 1.54) is 11.1 Å². The number of hydrogen-bond acceptors (Lipinski definition) is 2. The molecule has 1 aromatic heterocycles. The molecule has 3 heteroatoms. The third-order valence-corrected chi connectivity index (χ3v) is 3.95. The van der Waals surface area contributed by atoms with Gasteiger partial charge < -0.3 is 9.88 Å². The molecule has 2 aromatic carbocycles. The van der Waals surface area contributed by atoms with E-state index in [1.807, 2.05) is 24.5 Å². The number of aromatic nitrogens is 1. The van der Waals surface area contributed by atoms with Crippen LogP contribution < -0.4 is 4.90 Å². The maximum Gasteiger partial charge on any atom is 0.0631 e. The molecule has 0 radical (unpaired) electrons. The smallest absolute Gasteiger partial charge is 0.0631 e. The van der Waals surface area contributed by atoms with Gasteiger partial charge in [0.05, 0.1) is 5.69 Å². The fourth-order valence-electron chi connectivity index (χ4n) is 2.68. The van der Waals surface area contributed by atoms with Crippen LogP contribution in [0.25, 0.3) is 10.9 Å². The van der Waals surface area contributed by atoms with Crippen LogP contribution in [0.4, 0.5) is 11.4 Å². The van der Waals surface area contributed by atoms with Crippen molar-refractivity contribution in [1.82, 2.24) is 4.98 Å². The molecule has 1 N–H and O–H groups in total. The molecule has 0 bridgehead atoms. The highest BCUT2D eigenvalue weighted by Gasteiger charge is 2.02. The SMILES string of the molecule is CCN(CC)c1ccc(N=Cc2c[nH]c3ccccc23)cc1. The summed E-state index contributed by atoms with van der Waals surface area (Å²) in [5.41, 5.74) is 4.47. The number of hydrogen-bond donors (Lipinski definition) is 1. The predicted molar refractivity (Wildman–Crippen MR) is 95.6 cm³/mol. The van der Waals surface area contributed by atoms with E-state index in [0.29, 0.717) is 0 Å². The third kappa shape index (κ3) is 2.89. The molecule has 3 rings (SSSR count). The number of fused-ring (bicyclic) bond motifs is 1. The van der Waals surface area contributed by atoms with Crippen molar-refractivity contribution in [2.24, 2.45) is 4.99 Å². The van der Waals surface area contributed by atoms with Crippen LogP contribution in [0.2, 0.25) is 0 Å². The van der Waals surface area contributed by atoms with Gasteiger partial charge in [0, 0.05) is 47.7 Å². The minimum Gasteiger partial charge on any atom is -0.372 e. The quantitative estimate of drug-likeness (QED) is 0.675. The number of aromatic amines is 1. The Morgan fingerprint density at radius 3 is 2.45 bits per heavy atom. The molecule has 0 aliphatic rings. The Morgan fingerprint density at radius 1 is 1.00 bits per heavy atom. The number of nitrogens with one attached hydrogen (secondary N) is 1. The highest BCUT2D eigenvalue weighted by molar-refractivity contribution is 5.99. The number of rotatable bonds is 5. The Kier molecular flexibility index (Phi) is 4.24. The molecule has 0 fully saturated rings. The summed E-state index contributed by atoms with van der Waals surface area (Å²) in [6.45, 7) is 6.39. The Bertz CT molecular complexity index is 765. The van der Waals surface area contributed by atoms with Crippen molar-refractivity contribution < 1.29 is 0 Å². The second-order valence-corrected chi connectivity index (χ2v) is 5.24. The van der Waals surface area contributed by atoms with E-state index in [4.69, 9.17) is 0 Å². The number of benzene rings is 2. The Morgan fingerprint density at radius 2 is 1.73 bits per heavy atom. The lowest BCUT2D eigenvalue weighted by Crippen LogP contribution is -2.21. The fraction of sp³-hybridized carbons (Fsp3) is 0.211. The van der Waals surface area contributed by atoms with E-state index in [1.54, 1.807) is 0 Å². The van der Waals surface area contributed by atoms with Crippen molar-refractivity contribution in [2.75, 3.05) is 18.0 Å². The van der Waals surface area contributed by atoms with Crippen molar-refractivity contribution in [1.29, 1.82) is 0 Å². The number of aliphatic imine (C=N–C) groups is 1. The topological polar surface area (TPSA) is 31.4 Å². The molecule has 112 valence electrons. The summed E-state index contributed by atoms with van der Waals surface area (Å²) < 4.78 is 0. The lowest BCUT2D eigenvalue weighted by Gasteiger charge is -2.20. The number of anilines is 1. The zero-order valence-electron chi connectivity index (χ0n) is 13.1. The lowest BCUT2D eigenvalue weighted by atomic mass is 10.2. The van der Waals surface area contributed by atoms with E-state index < -0.39 is 0 Å². The van der Waals surface area contributed by atoms with E-state index >= 15 is 0 Å². The van der Waals surface area contributed by atoms with Gasteiger partial charge in [0.2, 0.25) is 0 Å². The molecule has 0 aliphatic heterocycles. The summed E-state index contributed by atoms with van der Waals surface area (Å²) in [5, 5.41) is 1.20. The zero-order chi connectivity index (χ0) is 15.4. The molecule has 0 atom stereocenters. The molecule has 0 aliphatic carbocycles. The predicted octanol–water partition coefficient (Wildman–Crippen LogP) is 4.76. The van der Waals surface area contributed by atoms with Crippen molar-refractivity contribution in [3.8, 4) is 0 Å². The summed E-state index contributed by atoms with van der Waals surface area (Å²) in [6, 6.07) is 16.7. The summed E-state index contributed by atoms with van der Waals surface area (Å²) in [5.74, 6) is 0. The average molecular weight is 291 g/mol. The van der Waals surface area contributed by atoms with Gasteiger partial charge in [-0.1, -0.05) is 18.2 Å². The molecule has 3 aromatic rings. The van der Waals surface area contributed by atoms with Crippen LogP contribution in [-0.4, -0.2) is 24.3 Å². The van der Waals surface area contributed by atoms with Gasteiger partial charge in [0.1, 0.15) is 0 Å². The normalized spacial score (nSPS) is 11.4. The molecular weight excluding hydrogens is 270 g/mol. The van der Waals surface area contributed by atoms with Crippen LogP contribution in [0.1, 0.15) is 19.4 Å². The van der Waals surface area contributed by atoms with Crippen molar-refractivity contribution in [3.05, 3.63) is 60.3 Å². The van der Waals surface area contributed by atoms with Crippen LogP contribution in [0, 0.1) is 0 Å². The molecule has 0 amide bonds. The van der Waals surface area contributed by atoms with Gasteiger partial charge in [-0.2, -0.15) is 0 Å². The van der Waals surface area contributed by atoms with Crippen LogP contribution in [0.3, 0.4) is 0 Å². The van der Waals surface area contributed by atoms with Crippen LogP contribution in [-0.2, 0) is 0 Å². The van der Waals surface area contributed by atoms with Crippen LogP contribution in [0.5, 0.6) is 0 Å². The van der Waals surface area contributed by atoms with E-state index in [0.717, 1.165) is 29.9 Å². The van der Waals surface area contributed by atoms with E-state index in [9.17, 15) is 0 Å². The summed E-state index contributed by atoms with van der Waals surface area (Å²) in [7, 11) is 0. The molecule has 22 heavy (non-hydrogen) atoms. The first-order valence-electron chi connectivity index (χ1n) is 7.77. The maximum atomic E-state index is 4.59. The standard InChI is InChI=1S/C19H21N3/c1-3-22(4-2)17-11-9-16(10-12-17)20-13-15-14-21-19-8-6-5-7-18(15)19/h5-14,21H,3-4H2,1-2H3. The minimum atomic E-state index is 0.973. The highest BCUT2D eigenvalue weighted by Crippen LogP contribution is 2.21. The number of para-hydroxylation sites is 1. The minimum absolute atomic E-state index is 0.973. The number of H-pyrrole nitrogens is 1. The second-order valence-electron chi connectivity index (χ2n) is 5.24. The molecular formula is C19H21N3. The fourth-order valence-corrected chi connectivity index (χ4v) is 2.68. The summed E-state index contributed by atoms with van der Waals surface area (Å²) in [6.07, 6.45) is 3.92. The van der Waals surface area contributed by atoms with Gasteiger partial charge in [-0.05, 0) is 44.2 Å². The van der Waals surface area contributed by atoms with Gasteiger partial charge in [0.15, 0.2) is 0 Å². The lowest BCUT2D eigenvalue weighted by molar-refractivity contribution is 0.866. The summed E-state index contributed by atoms with van der Waals surface area (Å²) in [4.78, 5) is 10.2. The Hall–Kier alpha value is -2.55. The number of nitrogens with zero attached hydrogens (tertiary/aromatic N) is 2. The second kappa shape index (κ2) is 6.48. The van der Waals surface area contributed by atoms with Crippen molar-refractivity contribution in [2.45, 2.75) is 13.8 Å². The molecule has 3 nitrogen and oxygen atoms in total. The van der Waals surface area contributed by atoms with Crippen LogP contribution >= 0.6 is 0 Å². The maximum absolute atomic E-state index is 4.59. The summed E-state index contributed by atoms with van der Waals surface area (Å²) >= 11 is 0. The largest absolute Gasteiger partial charge is 0.372 e. The van der Waals surface area contributed by atoms with Crippen LogP contribution in [0.15, 0.2) is 59.7 Å². The van der Waals surface area contributed by atoms with Gasteiger partial charge in [-0.25, -0.2) is 0 Å². The molecule has 0 unspecified atom stereocenters.